The van der Waals surface area contributed by atoms with E-state index in [1.807, 2.05) is 0 Å². The number of hydrogen-bond donors (Lipinski definition) is 1. The number of benzene rings is 2. The molecule has 4 rings (SSSR count). The van der Waals surface area contributed by atoms with Crippen molar-refractivity contribution in [1.82, 2.24) is 0 Å². The average Bonchev–Trinajstić information content (AvgIpc) is 2.65. The van der Waals surface area contributed by atoms with E-state index in [0.29, 0.717) is 5.92 Å². The molecule has 0 saturated carbocycles. The maximum absolute atomic E-state index is 6.23. The van der Waals surface area contributed by atoms with Gasteiger partial charge in [0, 0.05) is 17.0 Å². The van der Waals surface area contributed by atoms with Gasteiger partial charge >= 0.3 is 0 Å². The molecule has 3 heteroatoms. The predicted octanol–water partition coefficient (Wildman–Crippen LogP) is 5.49. The first-order chi connectivity index (χ1) is 12.6. The molecule has 1 N–H and O–H groups in total. The monoisotopic (exact) mass is 351 g/mol. The Morgan fingerprint density at radius 2 is 2.00 bits per heavy atom. The minimum atomic E-state index is 0.0363. The van der Waals surface area contributed by atoms with Gasteiger partial charge in [-0.15, -0.1) is 0 Å². The number of anilines is 1. The van der Waals surface area contributed by atoms with Crippen molar-refractivity contribution in [3.8, 4) is 11.5 Å². The van der Waals surface area contributed by atoms with Crippen LogP contribution in [0.4, 0.5) is 5.69 Å². The first-order valence-electron chi connectivity index (χ1n) is 9.76. The van der Waals surface area contributed by atoms with Gasteiger partial charge < -0.3 is 14.8 Å². The summed E-state index contributed by atoms with van der Waals surface area (Å²) in [5.74, 6) is 2.33. The Morgan fingerprint density at radius 1 is 1.19 bits per heavy atom. The molecule has 2 heterocycles. The zero-order valence-electron chi connectivity index (χ0n) is 16.3. The number of unbranched alkanes of at least 4 members (excludes halogenated alkanes) is 1. The third-order valence-electron chi connectivity index (χ3n) is 6.23. The molecule has 0 fully saturated rings. The Kier molecular flexibility index (Phi) is 4.34. The van der Waals surface area contributed by atoms with Crippen LogP contribution in [0.3, 0.4) is 0 Å². The largest absolute Gasteiger partial charge is 0.496 e. The van der Waals surface area contributed by atoms with Crippen molar-refractivity contribution in [1.29, 1.82) is 0 Å². The highest BCUT2D eigenvalue weighted by atomic mass is 16.5. The van der Waals surface area contributed by atoms with Crippen LogP contribution in [-0.2, 0) is 11.8 Å². The number of nitrogens with one attached hydrogen (secondary N) is 1. The molecule has 2 aliphatic heterocycles. The molecule has 0 radical (unpaired) electrons. The molecule has 0 aliphatic carbocycles. The summed E-state index contributed by atoms with van der Waals surface area (Å²) in [7, 11) is 1.79. The molecule has 3 nitrogen and oxygen atoms in total. The molecule has 0 aromatic heterocycles. The summed E-state index contributed by atoms with van der Waals surface area (Å²) in [4.78, 5) is 0. The summed E-state index contributed by atoms with van der Waals surface area (Å²) < 4.78 is 12.2. The van der Waals surface area contributed by atoms with E-state index in [1.54, 1.807) is 7.11 Å². The molecule has 0 bridgehead atoms. The maximum Gasteiger partial charge on any atom is 0.131 e. The Morgan fingerprint density at radius 3 is 2.77 bits per heavy atom. The van der Waals surface area contributed by atoms with Crippen LogP contribution >= 0.6 is 0 Å². The van der Waals surface area contributed by atoms with Gasteiger partial charge in [-0.05, 0) is 36.1 Å². The highest BCUT2D eigenvalue weighted by Gasteiger charge is 2.47. The number of methoxy groups -OCH3 is 1. The van der Waals surface area contributed by atoms with Crippen molar-refractivity contribution in [2.45, 2.75) is 51.5 Å². The molecule has 0 amide bonds. The summed E-state index contributed by atoms with van der Waals surface area (Å²) in [5.41, 5.74) is 5.12. The second-order valence-electron chi connectivity index (χ2n) is 8.08. The lowest BCUT2D eigenvalue weighted by Crippen LogP contribution is -2.46. The lowest BCUT2D eigenvalue weighted by Gasteiger charge is -2.48. The molecule has 138 valence electrons. The number of hydrogen-bond acceptors (Lipinski definition) is 3. The average molecular weight is 351 g/mol. The van der Waals surface area contributed by atoms with Crippen LogP contribution in [0.25, 0.3) is 0 Å². The Bertz CT molecular complexity index is 812. The molecule has 2 unspecified atom stereocenters. The van der Waals surface area contributed by atoms with Crippen molar-refractivity contribution in [3.05, 3.63) is 53.1 Å². The van der Waals surface area contributed by atoms with Crippen LogP contribution in [0.1, 0.15) is 56.3 Å². The minimum absolute atomic E-state index is 0.0363. The summed E-state index contributed by atoms with van der Waals surface area (Å²) in [6, 6.07) is 13.2. The van der Waals surface area contributed by atoms with Gasteiger partial charge in [0.05, 0.1) is 25.3 Å². The first-order valence-corrected chi connectivity index (χ1v) is 9.76. The first kappa shape index (κ1) is 17.3. The van der Waals surface area contributed by atoms with E-state index >= 15 is 0 Å². The van der Waals surface area contributed by atoms with Gasteiger partial charge in [-0.25, -0.2) is 0 Å². The summed E-state index contributed by atoms with van der Waals surface area (Å²) in [6.45, 7) is 7.63. The molecule has 26 heavy (non-hydrogen) atoms. The van der Waals surface area contributed by atoms with E-state index < -0.39 is 0 Å². The highest BCUT2D eigenvalue weighted by Crippen LogP contribution is 2.54. The number of aryl methyl sites for hydroxylation is 1. The third kappa shape index (κ3) is 2.56. The van der Waals surface area contributed by atoms with Gasteiger partial charge in [0.2, 0.25) is 0 Å². The SMILES string of the molecule is CCCCc1ccc2c(c1OC)C1Nc3ccccc3C(C)(C)C1CO2. The zero-order valence-corrected chi connectivity index (χ0v) is 16.3. The molecule has 0 spiro atoms. The molecule has 2 aromatic carbocycles. The Balaban J connectivity index is 1.84. The fraction of sp³-hybridized carbons (Fsp3) is 0.478. The third-order valence-corrected chi connectivity index (χ3v) is 6.23. The van der Waals surface area contributed by atoms with Gasteiger partial charge in [-0.2, -0.15) is 0 Å². The smallest absolute Gasteiger partial charge is 0.131 e. The van der Waals surface area contributed by atoms with E-state index in [-0.39, 0.29) is 11.5 Å². The van der Waals surface area contributed by atoms with E-state index in [1.165, 1.54) is 35.2 Å². The number of ether oxygens (including phenoxy) is 2. The van der Waals surface area contributed by atoms with Gasteiger partial charge in [0.1, 0.15) is 11.5 Å². The van der Waals surface area contributed by atoms with Crippen molar-refractivity contribution in [2.24, 2.45) is 5.92 Å². The molecule has 2 aromatic rings. The van der Waals surface area contributed by atoms with Crippen LogP contribution in [0.2, 0.25) is 0 Å². The van der Waals surface area contributed by atoms with Crippen molar-refractivity contribution < 1.29 is 9.47 Å². The predicted molar refractivity (Wildman–Crippen MR) is 106 cm³/mol. The van der Waals surface area contributed by atoms with Gasteiger partial charge in [-0.1, -0.05) is 51.5 Å². The minimum Gasteiger partial charge on any atom is -0.496 e. The van der Waals surface area contributed by atoms with Crippen LogP contribution < -0.4 is 14.8 Å². The number of para-hydroxylation sites is 1. The van der Waals surface area contributed by atoms with Crippen LogP contribution in [-0.4, -0.2) is 13.7 Å². The van der Waals surface area contributed by atoms with Crippen molar-refractivity contribution in [3.63, 3.8) is 0 Å². The Labute approximate surface area is 156 Å². The van der Waals surface area contributed by atoms with Gasteiger partial charge in [0.15, 0.2) is 0 Å². The standard InChI is InChI=1S/C23H29NO2/c1-5-6-9-15-12-13-19-20(22(15)25-4)21-17(14-26-19)23(2,3)16-10-7-8-11-18(16)24-21/h7-8,10-13,17,21,24H,5-6,9,14H2,1-4H3. The topological polar surface area (TPSA) is 30.5 Å². The van der Waals surface area contributed by atoms with Gasteiger partial charge in [-0.3, -0.25) is 0 Å². The lowest BCUT2D eigenvalue weighted by molar-refractivity contribution is 0.133. The van der Waals surface area contributed by atoms with Crippen molar-refractivity contribution >= 4 is 5.69 Å². The van der Waals surface area contributed by atoms with E-state index in [4.69, 9.17) is 9.47 Å². The quantitative estimate of drug-likeness (QED) is 0.790. The maximum atomic E-state index is 6.23. The zero-order chi connectivity index (χ0) is 18.3. The van der Waals surface area contributed by atoms with Crippen molar-refractivity contribution in [2.75, 3.05) is 19.0 Å². The van der Waals surface area contributed by atoms with Gasteiger partial charge in [0.25, 0.3) is 0 Å². The molecule has 2 aliphatic rings. The fourth-order valence-corrected chi connectivity index (χ4v) is 4.66. The summed E-state index contributed by atoms with van der Waals surface area (Å²) in [6.07, 6.45) is 3.40. The molecular formula is C23H29NO2. The van der Waals surface area contributed by atoms with Crippen LogP contribution in [0.15, 0.2) is 36.4 Å². The normalized spacial score (nSPS) is 22.3. The fourth-order valence-electron chi connectivity index (χ4n) is 4.66. The molecule has 0 saturated heterocycles. The van der Waals surface area contributed by atoms with E-state index in [9.17, 15) is 0 Å². The Hall–Kier alpha value is -2.16. The number of fused-ring (bicyclic) bond motifs is 4. The van der Waals surface area contributed by atoms with E-state index in [0.717, 1.165) is 24.5 Å². The second-order valence-corrected chi connectivity index (χ2v) is 8.08. The second kappa shape index (κ2) is 6.53. The highest BCUT2D eigenvalue weighted by molar-refractivity contribution is 5.63. The summed E-state index contributed by atoms with van der Waals surface area (Å²) in [5, 5.41) is 3.81. The molecule has 2 atom stereocenters. The van der Waals surface area contributed by atoms with E-state index in [2.05, 4.69) is 62.5 Å². The summed E-state index contributed by atoms with van der Waals surface area (Å²) >= 11 is 0. The van der Waals surface area contributed by atoms with Crippen LogP contribution in [0, 0.1) is 5.92 Å². The lowest BCUT2D eigenvalue weighted by atomic mass is 9.65. The molecular weight excluding hydrogens is 322 g/mol. The number of rotatable bonds is 4. The van der Waals surface area contributed by atoms with Crippen LogP contribution in [0.5, 0.6) is 11.5 Å².